The monoisotopic (exact) mass is 631 g/mol. The Bertz CT molecular complexity index is 1610. The van der Waals surface area contributed by atoms with E-state index in [1.807, 2.05) is 118 Å². The molecule has 0 heterocycles. The van der Waals surface area contributed by atoms with Crippen LogP contribution in [0.1, 0.15) is 20.8 Å². The topological polar surface area (TPSA) is 3.24 Å². The third-order valence-corrected chi connectivity index (χ3v) is 6.36. The average Bonchev–Trinajstić information content (AvgIpc) is 3.08. The number of allylic oxidation sites excluding steroid dienone is 32. The maximum absolute atomic E-state index is 4.60. The maximum Gasteiger partial charge on any atom is 0.0546 e. The Balaban J connectivity index is 9.34. The predicted octanol–water partition coefficient (Wildman–Crippen LogP) is 13.5. The van der Waals surface area contributed by atoms with Gasteiger partial charge in [0.05, 0.1) is 5.70 Å². The fourth-order valence-electron chi connectivity index (χ4n) is 4.39. The van der Waals surface area contributed by atoms with E-state index in [-0.39, 0.29) is 0 Å². The molecule has 0 aliphatic rings. The predicted molar refractivity (Wildman–Crippen MR) is 220 cm³/mol. The summed E-state index contributed by atoms with van der Waals surface area (Å²) in [6.07, 6.45) is 49.7. The smallest absolute Gasteiger partial charge is 0.0546 e. The van der Waals surface area contributed by atoms with Crippen LogP contribution in [0, 0.1) is 0 Å². The van der Waals surface area contributed by atoms with Crippen LogP contribution in [0.4, 0.5) is 0 Å². The molecule has 0 atom stereocenters. The van der Waals surface area contributed by atoms with Gasteiger partial charge in [0, 0.05) is 17.0 Å². The minimum absolute atomic E-state index is 0.747. The number of hydrogen-bond donors (Lipinski definition) is 0. The molecule has 0 radical (unpaired) electrons. The third-order valence-electron chi connectivity index (χ3n) is 6.36. The Labute approximate surface area is 292 Å². The van der Waals surface area contributed by atoms with Crippen molar-refractivity contribution in [1.29, 1.82) is 0 Å². The molecular weight excluding hydrogens is 579 g/mol. The lowest BCUT2D eigenvalue weighted by atomic mass is 9.89. The van der Waals surface area contributed by atoms with Gasteiger partial charge < -0.3 is 4.90 Å². The number of hydrogen-bond acceptors (Lipinski definition) is 1. The van der Waals surface area contributed by atoms with Gasteiger partial charge in [0.1, 0.15) is 0 Å². The van der Waals surface area contributed by atoms with Gasteiger partial charge >= 0.3 is 0 Å². The first-order valence-corrected chi connectivity index (χ1v) is 15.7. The molecule has 0 aromatic carbocycles. The summed E-state index contributed by atoms with van der Waals surface area (Å²) in [6.45, 7) is 42.5. The molecule has 0 saturated carbocycles. The summed E-state index contributed by atoms with van der Waals surface area (Å²) in [5, 5.41) is 0. The van der Waals surface area contributed by atoms with Gasteiger partial charge in [-0.1, -0.05) is 187 Å². The highest BCUT2D eigenvalue weighted by atomic mass is 15.2. The quantitative estimate of drug-likeness (QED) is 0.107. The second-order valence-corrected chi connectivity index (χ2v) is 9.68. The lowest BCUT2D eigenvalue weighted by molar-refractivity contribution is 0.573. The van der Waals surface area contributed by atoms with Crippen LogP contribution in [-0.2, 0) is 0 Å². The van der Waals surface area contributed by atoms with Gasteiger partial charge in [0.25, 0.3) is 0 Å². The van der Waals surface area contributed by atoms with Gasteiger partial charge in [-0.2, -0.15) is 0 Å². The molecular formula is C47H53N. The zero-order valence-corrected chi connectivity index (χ0v) is 29.3. The highest BCUT2D eigenvalue weighted by Crippen LogP contribution is 2.35. The molecule has 0 N–H and O–H groups in total. The molecule has 0 fully saturated rings. The number of nitrogens with zero attached hydrogens (tertiary/aromatic N) is 1. The summed E-state index contributed by atoms with van der Waals surface area (Å²) in [6, 6.07) is 0. The van der Waals surface area contributed by atoms with E-state index in [1.54, 1.807) is 42.5 Å². The Kier molecular flexibility index (Phi) is 23.1. The van der Waals surface area contributed by atoms with Gasteiger partial charge in [-0.25, -0.2) is 0 Å². The maximum atomic E-state index is 4.60. The normalized spacial score (nSPS) is 14.6. The van der Waals surface area contributed by atoms with Crippen molar-refractivity contribution in [2.75, 3.05) is 0 Å². The number of rotatable bonds is 22. The molecule has 0 aromatic heterocycles. The molecule has 246 valence electrons. The summed E-state index contributed by atoms with van der Waals surface area (Å²) < 4.78 is 0. The Morgan fingerprint density at radius 1 is 0.458 bits per heavy atom. The standard InChI is InChI=1S/C47H53N/c1-13-24-34-40(28-17-5)39(12)46(42(30-19-7)36-26-15-3)38-47(45(23-11)41(29-18-6)35-25-14-2)48(43(31-20-8)32-21-9)44(33-22-10)37-27-16-4/h13-38H,1-3,5-8,11-12H2,4,9-10H3/b27-16-,32-21-,33-22-,34-24-,35-25-,36-26-,40-28+,41-29+,42-30+,43-31+,44-37+,46-38+,47-45-. The van der Waals surface area contributed by atoms with Crippen LogP contribution in [0.5, 0.6) is 0 Å². The molecule has 1 nitrogen and oxygen atoms in total. The minimum atomic E-state index is 0.747. The molecule has 0 bridgehead atoms. The molecule has 0 aromatic rings. The molecule has 0 rings (SSSR count). The molecule has 0 unspecified atom stereocenters. The van der Waals surface area contributed by atoms with E-state index in [2.05, 4.69) is 82.3 Å². The Hall–Kier alpha value is -5.92. The highest BCUT2D eigenvalue weighted by molar-refractivity contribution is 5.66. The van der Waals surface area contributed by atoms with Crippen molar-refractivity contribution in [2.45, 2.75) is 20.8 Å². The first-order valence-electron chi connectivity index (χ1n) is 15.7. The zero-order chi connectivity index (χ0) is 36.2. The second-order valence-electron chi connectivity index (χ2n) is 9.68. The van der Waals surface area contributed by atoms with Gasteiger partial charge in [-0.05, 0) is 79.0 Å². The summed E-state index contributed by atoms with van der Waals surface area (Å²) >= 11 is 0. The lowest BCUT2D eigenvalue weighted by Crippen LogP contribution is -2.22. The van der Waals surface area contributed by atoms with E-state index < -0.39 is 0 Å². The van der Waals surface area contributed by atoms with Gasteiger partial charge in [0.2, 0.25) is 0 Å². The van der Waals surface area contributed by atoms with Crippen molar-refractivity contribution in [3.05, 3.63) is 268 Å². The van der Waals surface area contributed by atoms with Crippen LogP contribution in [0.3, 0.4) is 0 Å². The molecule has 0 saturated heterocycles. The van der Waals surface area contributed by atoms with Gasteiger partial charge in [0.15, 0.2) is 0 Å². The van der Waals surface area contributed by atoms with Crippen LogP contribution in [-0.4, -0.2) is 4.90 Å². The zero-order valence-electron chi connectivity index (χ0n) is 29.3. The first-order chi connectivity index (χ1) is 23.3. The first kappa shape index (κ1) is 42.1. The third kappa shape index (κ3) is 14.0. The molecule has 0 amide bonds. The SMILES string of the molecule is C=C/C=C\C(=C/C=C)C(=C)C(=C\C(=C(C=C)\C(\C=C/C=C)=C\C=C)N(C(/C=C\C)=C/C=C)C(/C=C\C)=C/C=C\C)/C(/C=C\C=C)=C/C=C. The molecule has 0 spiro atoms. The average molecular weight is 632 g/mol. The van der Waals surface area contributed by atoms with E-state index in [0.717, 1.165) is 50.5 Å². The van der Waals surface area contributed by atoms with Gasteiger partial charge in [-0.15, -0.1) is 0 Å². The summed E-state index contributed by atoms with van der Waals surface area (Å²) in [4.78, 5) is 2.17. The summed E-state index contributed by atoms with van der Waals surface area (Å²) in [5.41, 5.74) is 7.55. The second kappa shape index (κ2) is 26.3. The van der Waals surface area contributed by atoms with Crippen molar-refractivity contribution in [1.82, 2.24) is 4.90 Å². The molecule has 0 aliphatic heterocycles. The summed E-state index contributed by atoms with van der Waals surface area (Å²) in [5.74, 6) is 0. The molecule has 48 heavy (non-hydrogen) atoms. The highest BCUT2D eigenvalue weighted by Gasteiger charge is 2.21. The van der Waals surface area contributed by atoms with Crippen molar-refractivity contribution in [3.63, 3.8) is 0 Å². The van der Waals surface area contributed by atoms with Crippen LogP contribution in [0.2, 0.25) is 0 Å². The van der Waals surface area contributed by atoms with E-state index in [1.165, 1.54) is 0 Å². The van der Waals surface area contributed by atoms with E-state index in [9.17, 15) is 0 Å². The minimum Gasteiger partial charge on any atom is -0.310 e. The van der Waals surface area contributed by atoms with Crippen molar-refractivity contribution >= 4 is 0 Å². The molecule has 1 heteroatoms. The lowest BCUT2D eigenvalue weighted by Gasteiger charge is -2.31. The summed E-state index contributed by atoms with van der Waals surface area (Å²) in [7, 11) is 0. The van der Waals surface area contributed by atoms with Crippen molar-refractivity contribution in [3.8, 4) is 0 Å². The van der Waals surface area contributed by atoms with Crippen LogP contribution in [0.15, 0.2) is 268 Å². The molecule has 0 aliphatic carbocycles. The van der Waals surface area contributed by atoms with Gasteiger partial charge in [-0.3, -0.25) is 0 Å². The largest absolute Gasteiger partial charge is 0.310 e. The Morgan fingerprint density at radius 2 is 0.917 bits per heavy atom. The van der Waals surface area contributed by atoms with Crippen molar-refractivity contribution in [2.24, 2.45) is 0 Å². The van der Waals surface area contributed by atoms with Crippen LogP contribution in [0.25, 0.3) is 0 Å². The van der Waals surface area contributed by atoms with Crippen molar-refractivity contribution < 1.29 is 0 Å². The van der Waals surface area contributed by atoms with E-state index in [4.69, 9.17) is 0 Å². The van der Waals surface area contributed by atoms with Crippen LogP contribution >= 0.6 is 0 Å². The van der Waals surface area contributed by atoms with E-state index >= 15 is 0 Å². The Morgan fingerprint density at radius 3 is 1.38 bits per heavy atom. The fourth-order valence-corrected chi connectivity index (χ4v) is 4.39. The fraction of sp³-hybridized carbons (Fsp3) is 0.0638. The van der Waals surface area contributed by atoms with E-state index in [0.29, 0.717) is 0 Å². The van der Waals surface area contributed by atoms with Crippen LogP contribution < -0.4 is 0 Å².